The van der Waals surface area contributed by atoms with Gasteiger partial charge in [0, 0.05) is 24.2 Å². The Morgan fingerprint density at radius 2 is 1.91 bits per heavy atom. The Labute approximate surface area is 130 Å². The van der Waals surface area contributed by atoms with Crippen molar-refractivity contribution in [2.75, 3.05) is 13.7 Å². The number of aromatic nitrogens is 2. The zero-order valence-electron chi connectivity index (χ0n) is 13.0. The fraction of sp³-hybridized carbons (Fsp3) is 0.278. The van der Waals surface area contributed by atoms with Gasteiger partial charge in [-0.1, -0.05) is 18.2 Å². The molecule has 2 aromatic heterocycles. The number of imidazole rings is 1. The van der Waals surface area contributed by atoms with E-state index >= 15 is 0 Å². The highest BCUT2D eigenvalue weighted by atomic mass is 16.5. The number of hydrogen-bond donors (Lipinski definition) is 1. The van der Waals surface area contributed by atoms with E-state index < -0.39 is 0 Å². The largest absolute Gasteiger partial charge is 0.497 e. The fourth-order valence-electron chi connectivity index (χ4n) is 2.84. The van der Waals surface area contributed by atoms with Crippen molar-refractivity contribution < 1.29 is 4.74 Å². The molecule has 4 heteroatoms. The minimum atomic E-state index is 0.623. The summed E-state index contributed by atoms with van der Waals surface area (Å²) in [6.45, 7) is 2.73. The zero-order valence-corrected chi connectivity index (χ0v) is 13.0. The third-order valence-corrected chi connectivity index (χ3v) is 3.93. The number of methoxy groups -OCH3 is 1. The van der Waals surface area contributed by atoms with Crippen LogP contribution >= 0.6 is 0 Å². The highest BCUT2D eigenvalue weighted by Gasteiger charge is 2.13. The van der Waals surface area contributed by atoms with Crippen molar-refractivity contribution >= 4 is 5.65 Å². The van der Waals surface area contributed by atoms with E-state index in [1.165, 1.54) is 17.0 Å². The van der Waals surface area contributed by atoms with Gasteiger partial charge in [-0.25, -0.2) is 4.98 Å². The molecular weight excluding hydrogens is 274 g/mol. The lowest BCUT2D eigenvalue weighted by molar-refractivity contribution is 0.414. The molecule has 0 saturated carbocycles. The summed E-state index contributed by atoms with van der Waals surface area (Å²) in [5.74, 6) is 0.872. The predicted molar refractivity (Wildman–Crippen MR) is 88.5 cm³/mol. The van der Waals surface area contributed by atoms with Crippen LogP contribution in [0.4, 0.5) is 0 Å². The van der Waals surface area contributed by atoms with Crippen LogP contribution in [0.15, 0.2) is 42.5 Å². The van der Waals surface area contributed by atoms with Crippen molar-refractivity contribution in [2.45, 2.75) is 19.8 Å². The molecule has 0 fully saturated rings. The smallest absolute Gasteiger partial charge is 0.137 e. The maximum absolute atomic E-state index is 5.80. The normalized spacial score (nSPS) is 11.0. The Morgan fingerprint density at radius 1 is 1.14 bits per heavy atom. The number of benzene rings is 1. The van der Waals surface area contributed by atoms with Crippen molar-refractivity contribution in [1.82, 2.24) is 9.38 Å². The minimum absolute atomic E-state index is 0.623. The Hall–Kier alpha value is -2.33. The van der Waals surface area contributed by atoms with E-state index in [1.54, 1.807) is 7.11 Å². The lowest BCUT2D eigenvalue weighted by atomic mass is 10.1. The number of ether oxygens (including phenoxy) is 1. The van der Waals surface area contributed by atoms with Gasteiger partial charge in [0.1, 0.15) is 11.4 Å². The second kappa shape index (κ2) is 6.20. The molecule has 2 heterocycles. The second-order valence-corrected chi connectivity index (χ2v) is 5.43. The molecule has 0 aliphatic rings. The van der Waals surface area contributed by atoms with Crippen LogP contribution < -0.4 is 10.5 Å². The van der Waals surface area contributed by atoms with Crippen LogP contribution in [0.2, 0.25) is 0 Å². The molecule has 3 aromatic rings. The summed E-state index contributed by atoms with van der Waals surface area (Å²) >= 11 is 0. The first-order chi connectivity index (χ1) is 10.7. The van der Waals surface area contributed by atoms with Crippen molar-refractivity contribution in [3.8, 4) is 5.75 Å². The number of nitrogens with two attached hydrogens (primary N) is 1. The van der Waals surface area contributed by atoms with Crippen molar-refractivity contribution in [3.05, 3.63) is 65.1 Å². The van der Waals surface area contributed by atoms with Gasteiger partial charge in [-0.2, -0.15) is 0 Å². The maximum atomic E-state index is 5.80. The number of hydrogen-bond acceptors (Lipinski definition) is 3. The van der Waals surface area contributed by atoms with Crippen molar-refractivity contribution in [2.24, 2.45) is 5.73 Å². The van der Waals surface area contributed by atoms with E-state index in [0.29, 0.717) is 6.54 Å². The number of rotatable bonds is 5. The summed E-state index contributed by atoms with van der Waals surface area (Å²) in [6.07, 6.45) is 1.64. The Morgan fingerprint density at radius 3 is 2.59 bits per heavy atom. The van der Waals surface area contributed by atoms with Crippen LogP contribution in [0.3, 0.4) is 0 Å². The highest BCUT2D eigenvalue weighted by Crippen LogP contribution is 2.20. The number of nitrogens with zero attached hydrogens (tertiary/aromatic N) is 2. The fourth-order valence-corrected chi connectivity index (χ4v) is 2.84. The summed E-state index contributed by atoms with van der Waals surface area (Å²) in [4.78, 5) is 4.81. The Kier molecular flexibility index (Phi) is 4.11. The molecule has 3 rings (SSSR count). The minimum Gasteiger partial charge on any atom is -0.497 e. The molecule has 1 aromatic carbocycles. The van der Waals surface area contributed by atoms with Gasteiger partial charge < -0.3 is 14.9 Å². The topological polar surface area (TPSA) is 52.5 Å². The molecule has 0 radical (unpaired) electrons. The highest BCUT2D eigenvalue weighted by molar-refractivity contribution is 5.46. The standard InChI is InChI=1S/C18H21N3O/c1-13-4-3-5-18-20-16(17(10-11-19)21(13)18)12-14-6-8-15(22-2)9-7-14/h3-9H,10-12,19H2,1-2H3. The SMILES string of the molecule is COc1ccc(Cc2nc3cccc(C)n3c2CCN)cc1. The van der Waals surface area contributed by atoms with Gasteiger partial charge in [-0.15, -0.1) is 0 Å². The molecule has 0 bridgehead atoms. The Balaban J connectivity index is 2.01. The molecule has 4 nitrogen and oxygen atoms in total. The lowest BCUT2D eigenvalue weighted by Crippen LogP contribution is -2.08. The van der Waals surface area contributed by atoms with Crippen molar-refractivity contribution in [3.63, 3.8) is 0 Å². The van der Waals surface area contributed by atoms with E-state index in [9.17, 15) is 0 Å². The van der Waals surface area contributed by atoms with Crippen LogP contribution in [-0.2, 0) is 12.8 Å². The number of fused-ring (bicyclic) bond motifs is 1. The van der Waals surface area contributed by atoms with Gasteiger partial charge in [-0.3, -0.25) is 0 Å². The lowest BCUT2D eigenvalue weighted by Gasteiger charge is -2.07. The molecule has 22 heavy (non-hydrogen) atoms. The van der Waals surface area contributed by atoms with Crippen LogP contribution in [0.1, 0.15) is 22.6 Å². The molecule has 0 unspecified atom stereocenters. The van der Waals surface area contributed by atoms with Gasteiger partial charge in [-0.05, 0) is 43.3 Å². The van der Waals surface area contributed by atoms with Crippen LogP contribution in [0, 0.1) is 6.92 Å². The van der Waals surface area contributed by atoms with E-state index in [4.69, 9.17) is 15.5 Å². The number of aryl methyl sites for hydroxylation is 1. The Bertz CT molecular complexity index is 775. The van der Waals surface area contributed by atoms with E-state index in [1.807, 2.05) is 24.3 Å². The van der Waals surface area contributed by atoms with E-state index in [-0.39, 0.29) is 0 Å². The first-order valence-electron chi connectivity index (χ1n) is 7.51. The molecule has 0 spiro atoms. The first-order valence-corrected chi connectivity index (χ1v) is 7.51. The maximum Gasteiger partial charge on any atom is 0.137 e. The van der Waals surface area contributed by atoms with Crippen LogP contribution in [0.5, 0.6) is 5.75 Å². The van der Waals surface area contributed by atoms with Gasteiger partial charge in [0.2, 0.25) is 0 Å². The van der Waals surface area contributed by atoms with Gasteiger partial charge in [0.25, 0.3) is 0 Å². The molecule has 0 aliphatic carbocycles. The first kappa shape index (κ1) is 14.6. The molecule has 0 atom stereocenters. The van der Waals surface area contributed by atoms with Gasteiger partial charge in [0.15, 0.2) is 0 Å². The predicted octanol–water partition coefficient (Wildman–Crippen LogP) is 2.74. The molecule has 2 N–H and O–H groups in total. The zero-order chi connectivity index (χ0) is 15.5. The van der Waals surface area contributed by atoms with Crippen LogP contribution in [-0.4, -0.2) is 23.0 Å². The summed E-state index contributed by atoms with van der Waals surface area (Å²) in [5.41, 5.74) is 11.5. The average molecular weight is 295 g/mol. The summed E-state index contributed by atoms with van der Waals surface area (Å²) in [6, 6.07) is 14.3. The second-order valence-electron chi connectivity index (χ2n) is 5.43. The third-order valence-electron chi connectivity index (χ3n) is 3.93. The van der Waals surface area contributed by atoms with E-state index in [0.717, 1.165) is 29.9 Å². The summed E-state index contributed by atoms with van der Waals surface area (Å²) in [7, 11) is 1.68. The average Bonchev–Trinajstić information content (AvgIpc) is 2.87. The quantitative estimate of drug-likeness (QED) is 0.787. The van der Waals surface area contributed by atoms with E-state index in [2.05, 4.69) is 29.5 Å². The molecular formula is C18H21N3O. The van der Waals surface area contributed by atoms with Gasteiger partial charge in [0.05, 0.1) is 12.8 Å². The monoisotopic (exact) mass is 295 g/mol. The molecule has 0 amide bonds. The summed E-state index contributed by atoms with van der Waals surface area (Å²) < 4.78 is 7.42. The van der Waals surface area contributed by atoms with Crippen molar-refractivity contribution in [1.29, 1.82) is 0 Å². The van der Waals surface area contributed by atoms with Gasteiger partial charge >= 0.3 is 0 Å². The summed E-state index contributed by atoms with van der Waals surface area (Å²) in [5, 5.41) is 0. The van der Waals surface area contributed by atoms with Crippen LogP contribution in [0.25, 0.3) is 5.65 Å². The molecule has 0 aliphatic heterocycles. The number of pyridine rings is 1. The molecule has 0 saturated heterocycles. The third kappa shape index (κ3) is 2.70. The molecule has 114 valence electrons.